The van der Waals surface area contributed by atoms with E-state index in [4.69, 9.17) is 15.2 Å². The van der Waals surface area contributed by atoms with Gasteiger partial charge in [-0.15, -0.1) is 11.3 Å². The zero-order valence-electron chi connectivity index (χ0n) is 13.8. The molecule has 5 nitrogen and oxygen atoms in total. The van der Waals surface area contributed by atoms with Gasteiger partial charge in [0.2, 0.25) is 0 Å². The Morgan fingerprint density at radius 1 is 1.20 bits per heavy atom. The summed E-state index contributed by atoms with van der Waals surface area (Å²) in [5.41, 5.74) is 8.94. The SMILES string of the molecule is CCOC(=O)c1cccc(COc2ccc(-c3csc(N)n3)cc2)c1. The Bertz CT molecular complexity index is 859. The van der Waals surface area contributed by atoms with E-state index in [-0.39, 0.29) is 5.97 Å². The van der Waals surface area contributed by atoms with E-state index >= 15 is 0 Å². The number of thiazole rings is 1. The second kappa shape index (κ2) is 7.81. The van der Waals surface area contributed by atoms with Gasteiger partial charge in [-0.2, -0.15) is 0 Å². The molecular weight excluding hydrogens is 336 g/mol. The van der Waals surface area contributed by atoms with Gasteiger partial charge >= 0.3 is 5.97 Å². The van der Waals surface area contributed by atoms with Gasteiger partial charge in [0, 0.05) is 10.9 Å². The number of hydrogen-bond donors (Lipinski definition) is 1. The Kier molecular flexibility index (Phi) is 5.30. The largest absolute Gasteiger partial charge is 0.489 e. The standard InChI is InChI=1S/C19H18N2O3S/c1-2-23-18(22)15-5-3-4-13(10-15)11-24-16-8-6-14(7-9-16)17-12-25-19(20)21-17/h3-10,12H,2,11H2,1H3,(H2,20,21). The molecule has 1 heterocycles. The molecule has 0 bridgehead atoms. The first kappa shape index (κ1) is 17.0. The minimum absolute atomic E-state index is 0.323. The van der Waals surface area contributed by atoms with E-state index in [1.54, 1.807) is 19.1 Å². The topological polar surface area (TPSA) is 74.4 Å². The van der Waals surface area contributed by atoms with Gasteiger partial charge in [0.05, 0.1) is 17.9 Å². The highest BCUT2D eigenvalue weighted by Crippen LogP contribution is 2.25. The summed E-state index contributed by atoms with van der Waals surface area (Å²) in [6.45, 7) is 2.52. The molecule has 1 aromatic heterocycles. The number of aromatic nitrogens is 1. The van der Waals surface area contributed by atoms with Crippen LogP contribution >= 0.6 is 11.3 Å². The van der Waals surface area contributed by atoms with Gasteiger partial charge in [-0.1, -0.05) is 12.1 Å². The fraction of sp³-hybridized carbons (Fsp3) is 0.158. The molecule has 0 saturated heterocycles. The Hall–Kier alpha value is -2.86. The summed E-state index contributed by atoms with van der Waals surface area (Å²) >= 11 is 1.42. The number of benzene rings is 2. The van der Waals surface area contributed by atoms with Crippen LogP contribution in [0.1, 0.15) is 22.8 Å². The van der Waals surface area contributed by atoms with Crippen LogP contribution in [-0.2, 0) is 11.3 Å². The van der Waals surface area contributed by atoms with Gasteiger partial charge < -0.3 is 15.2 Å². The van der Waals surface area contributed by atoms with Crippen LogP contribution in [-0.4, -0.2) is 17.6 Å². The molecule has 0 spiro atoms. The van der Waals surface area contributed by atoms with Crippen molar-refractivity contribution in [3.63, 3.8) is 0 Å². The highest BCUT2D eigenvalue weighted by Gasteiger charge is 2.07. The maximum atomic E-state index is 11.8. The van der Waals surface area contributed by atoms with Crippen LogP contribution < -0.4 is 10.5 Å². The highest BCUT2D eigenvalue weighted by atomic mass is 32.1. The molecule has 2 aromatic carbocycles. The molecule has 25 heavy (non-hydrogen) atoms. The summed E-state index contributed by atoms with van der Waals surface area (Å²) in [5, 5.41) is 2.48. The summed E-state index contributed by atoms with van der Waals surface area (Å²) in [5.74, 6) is 0.421. The maximum Gasteiger partial charge on any atom is 0.338 e. The minimum atomic E-state index is -0.323. The third-order valence-electron chi connectivity index (χ3n) is 3.52. The fourth-order valence-corrected chi connectivity index (χ4v) is 2.88. The number of carbonyl (C=O) groups is 1. The third-order valence-corrected chi connectivity index (χ3v) is 4.19. The van der Waals surface area contributed by atoms with Crippen molar-refractivity contribution in [3.05, 3.63) is 65.0 Å². The third kappa shape index (κ3) is 4.36. The van der Waals surface area contributed by atoms with E-state index < -0.39 is 0 Å². The van der Waals surface area contributed by atoms with E-state index in [1.807, 2.05) is 41.8 Å². The number of nitrogen functional groups attached to an aromatic ring is 1. The van der Waals surface area contributed by atoms with Crippen molar-refractivity contribution in [1.29, 1.82) is 0 Å². The van der Waals surface area contributed by atoms with Crippen LogP contribution in [0.4, 0.5) is 5.13 Å². The summed E-state index contributed by atoms with van der Waals surface area (Å²) < 4.78 is 10.8. The lowest BCUT2D eigenvalue weighted by Crippen LogP contribution is -2.05. The number of esters is 1. The number of anilines is 1. The molecule has 0 radical (unpaired) electrons. The molecule has 0 saturated carbocycles. The van der Waals surface area contributed by atoms with Crippen LogP contribution in [0.25, 0.3) is 11.3 Å². The van der Waals surface area contributed by atoms with Gasteiger partial charge in [-0.05, 0) is 48.9 Å². The Morgan fingerprint density at radius 3 is 2.68 bits per heavy atom. The first-order chi connectivity index (χ1) is 12.2. The zero-order chi connectivity index (χ0) is 17.6. The first-order valence-electron chi connectivity index (χ1n) is 7.86. The lowest BCUT2D eigenvalue weighted by molar-refractivity contribution is 0.0526. The molecule has 3 rings (SSSR count). The second-order valence-electron chi connectivity index (χ2n) is 5.30. The number of nitrogens with two attached hydrogens (primary N) is 1. The monoisotopic (exact) mass is 354 g/mol. The molecule has 0 amide bonds. The number of nitrogens with zero attached hydrogens (tertiary/aromatic N) is 1. The zero-order valence-corrected chi connectivity index (χ0v) is 14.6. The number of rotatable bonds is 6. The minimum Gasteiger partial charge on any atom is -0.489 e. The van der Waals surface area contributed by atoms with Crippen molar-refractivity contribution < 1.29 is 14.3 Å². The molecule has 128 valence electrons. The van der Waals surface area contributed by atoms with Gasteiger partial charge in [0.25, 0.3) is 0 Å². The lowest BCUT2D eigenvalue weighted by atomic mass is 10.1. The smallest absolute Gasteiger partial charge is 0.338 e. The summed E-state index contributed by atoms with van der Waals surface area (Å²) in [6.07, 6.45) is 0. The Morgan fingerprint density at radius 2 is 2.00 bits per heavy atom. The average Bonchev–Trinajstić information content (AvgIpc) is 3.07. The molecule has 0 atom stereocenters. The van der Waals surface area contributed by atoms with Crippen molar-refractivity contribution in [2.24, 2.45) is 0 Å². The van der Waals surface area contributed by atoms with Gasteiger partial charge in [-0.25, -0.2) is 9.78 Å². The van der Waals surface area contributed by atoms with E-state index in [0.29, 0.717) is 23.9 Å². The van der Waals surface area contributed by atoms with Crippen molar-refractivity contribution in [2.75, 3.05) is 12.3 Å². The predicted octanol–water partition coefficient (Wildman–Crippen LogP) is 4.15. The Balaban J connectivity index is 1.64. The molecular formula is C19H18N2O3S. The first-order valence-corrected chi connectivity index (χ1v) is 8.74. The van der Waals surface area contributed by atoms with Crippen molar-refractivity contribution >= 4 is 22.4 Å². The van der Waals surface area contributed by atoms with Crippen LogP contribution in [0.15, 0.2) is 53.9 Å². The summed E-state index contributed by atoms with van der Waals surface area (Å²) in [4.78, 5) is 16.0. The molecule has 0 fully saturated rings. The van der Waals surface area contributed by atoms with Gasteiger partial charge in [-0.3, -0.25) is 0 Å². The molecule has 0 aliphatic carbocycles. The lowest BCUT2D eigenvalue weighted by Gasteiger charge is -2.08. The van der Waals surface area contributed by atoms with Crippen molar-refractivity contribution in [1.82, 2.24) is 4.98 Å². The Labute approximate surface area is 150 Å². The van der Waals surface area contributed by atoms with Crippen molar-refractivity contribution in [2.45, 2.75) is 13.5 Å². The molecule has 0 unspecified atom stereocenters. The predicted molar refractivity (Wildman–Crippen MR) is 98.7 cm³/mol. The van der Waals surface area contributed by atoms with E-state index in [9.17, 15) is 4.79 Å². The quantitative estimate of drug-likeness (QED) is 0.673. The number of hydrogen-bond acceptors (Lipinski definition) is 6. The molecule has 6 heteroatoms. The van der Waals surface area contributed by atoms with Crippen LogP contribution in [0, 0.1) is 0 Å². The molecule has 0 aliphatic rings. The van der Waals surface area contributed by atoms with E-state index in [2.05, 4.69) is 4.98 Å². The highest BCUT2D eigenvalue weighted by molar-refractivity contribution is 7.13. The van der Waals surface area contributed by atoms with Crippen LogP contribution in [0.2, 0.25) is 0 Å². The average molecular weight is 354 g/mol. The number of ether oxygens (including phenoxy) is 2. The van der Waals surface area contributed by atoms with Gasteiger partial charge in [0.1, 0.15) is 12.4 Å². The van der Waals surface area contributed by atoms with Gasteiger partial charge in [0.15, 0.2) is 5.13 Å². The van der Waals surface area contributed by atoms with Crippen LogP contribution in [0.5, 0.6) is 5.75 Å². The molecule has 0 aliphatic heterocycles. The fourth-order valence-electron chi connectivity index (χ4n) is 2.31. The molecule has 3 aromatic rings. The molecule has 2 N–H and O–H groups in total. The van der Waals surface area contributed by atoms with Crippen LogP contribution in [0.3, 0.4) is 0 Å². The van der Waals surface area contributed by atoms with Crippen molar-refractivity contribution in [3.8, 4) is 17.0 Å². The number of carbonyl (C=O) groups excluding carboxylic acids is 1. The van der Waals surface area contributed by atoms with E-state index in [1.165, 1.54) is 11.3 Å². The normalized spacial score (nSPS) is 10.4. The second-order valence-corrected chi connectivity index (χ2v) is 6.19. The maximum absolute atomic E-state index is 11.8. The summed E-state index contributed by atoms with van der Waals surface area (Å²) in [7, 11) is 0. The summed E-state index contributed by atoms with van der Waals surface area (Å²) in [6, 6.07) is 14.9. The van der Waals surface area contributed by atoms with E-state index in [0.717, 1.165) is 22.6 Å².